The molecule has 0 spiro atoms. The number of aryl methyl sites for hydroxylation is 2. The van der Waals surface area contributed by atoms with E-state index in [0.717, 1.165) is 17.5 Å². The SMILES string of the molecule is CC1(c2ccc(CCC(=O)CCc3csc4c3CN([C@H]3CCC(=O)CC3=O)C4=O)cc2)CC1. The molecule has 33 heavy (non-hydrogen) atoms. The van der Waals surface area contributed by atoms with Gasteiger partial charge in [-0.05, 0) is 65.2 Å². The van der Waals surface area contributed by atoms with E-state index in [1.807, 2.05) is 5.38 Å². The number of rotatable bonds is 8. The van der Waals surface area contributed by atoms with E-state index in [1.165, 1.54) is 35.3 Å². The van der Waals surface area contributed by atoms with Crippen molar-refractivity contribution in [3.8, 4) is 0 Å². The fourth-order valence-electron chi connectivity index (χ4n) is 5.03. The molecule has 0 saturated heterocycles. The Labute approximate surface area is 198 Å². The van der Waals surface area contributed by atoms with Crippen molar-refractivity contribution in [1.82, 2.24) is 4.90 Å². The smallest absolute Gasteiger partial charge is 0.265 e. The lowest BCUT2D eigenvalue weighted by atomic mass is 9.92. The molecule has 5 nitrogen and oxygen atoms in total. The average Bonchev–Trinajstić information content (AvgIpc) is 3.30. The van der Waals surface area contributed by atoms with Crippen LogP contribution in [0.25, 0.3) is 0 Å². The third-order valence-corrected chi connectivity index (χ3v) is 8.66. The van der Waals surface area contributed by atoms with E-state index in [9.17, 15) is 19.2 Å². The Morgan fingerprint density at radius 3 is 2.52 bits per heavy atom. The molecule has 2 heterocycles. The van der Waals surface area contributed by atoms with Gasteiger partial charge in [0.1, 0.15) is 11.6 Å². The predicted octanol–water partition coefficient (Wildman–Crippen LogP) is 4.58. The molecule has 172 valence electrons. The van der Waals surface area contributed by atoms with E-state index >= 15 is 0 Å². The molecule has 1 amide bonds. The maximum atomic E-state index is 12.9. The third-order valence-electron chi connectivity index (χ3n) is 7.60. The minimum Gasteiger partial charge on any atom is -0.323 e. The highest BCUT2D eigenvalue weighted by Gasteiger charge is 2.41. The molecule has 1 aromatic heterocycles. The number of hydrogen-bond donors (Lipinski definition) is 0. The Hall–Kier alpha value is -2.60. The van der Waals surface area contributed by atoms with Gasteiger partial charge in [0.2, 0.25) is 0 Å². The van der Waals surface area contributed by atoms with Crippen LogP contribution < -0.4 is 0 Å². The topological polar surface area (TPSA) is 71.5 Å². The minimum atomic E-state index is -0.488. The molecule has 2 saturated carbocycles. The van der Waals surface area contributed by atoms with Gasteiger partial charge in [-0.2, -0.15) is 0 Å². The molecular formula is C27H29NO4S. The maximum absolute atomic E-state index is 12.9. The van der Waals surface area contributed by atoms with Gasteiger partial charge in [-0.15, -0.1) is 11.3 Å². The molecular weight excluding hydrogens is 434 g/mol. The van der Waals surface area contributed by atoms with Gasteiger partial charge in [-0.1, -0.05) is 31.2 Å². The summed E-state index contributed by atoms with van der Waals surface area (Å²) in [6.07, 6.45) is 5.61. The second-order valence-corrected chi connectivity index (χ2v) is 10.9. The number of Topliss-reactive ketones (excluding diaryl/α,β-unsaturated/α-hetero) is 3. The first kappa shape index (κ1) is 22.2. The normalized spacial score (nSPS) is 21.4. The van der Waals surface area contributed by atoms with Crippen LogP contribution in [0.1, 0.15) is 83.8 Å². The van der Waals surface area contributed by atoms with Crippen molar-refractivity contribution in [2.45, 2.75) is 82.7 Å². The van der Waals surface area contributed by atoms with Crippen LogP contribution in [0.2, 0.25) is 0 Å². The minimum absolute atomic E-state index is 0.0370. The summed E-state index contributed by atoms with van der Waals surface area (Å²) < 4.78 is 0. The van der Waals surface area contributed by atoms with Gasteiger partial charge in [0, 0.05) is 25.8 Å². The number of thiophene rings is 1. The van der Waals surface area contributed by atoms with E-state index < -0.39 is 6.04 Å². The molecule has 0 bridgehead atoms. The van der Waals surface area contributed by atoms with Crippen molar-refractivity contribution in [2.75, 3.05) is 0 Å². The average molecular weight is 464 g/mol. The molecule has 2 fully saturated rings. The van der Waals surface area contributed by atoms with Crippen LogP contribution in [-0.4, -0.2) is 34.2 Å². The number of benzene rings is 1. The molecule has 0 unspecified atom stereocenters. The quantitative estimate of drug-likeness (QED) is 0.537. The molecule has 6 heteroatoms. The largest absolute Gasteiger partial charge is 0.323 e. The fraction of sp³-hybridized carbons (Fsp3) is 0.481. The lowest BCUT2D eigenvalue weighted by Gasteiger charge is -2.29. The van der Waals surface area contributed by atoms with Crippen LogP contribution in [0.4, 0.5) is 0 Å². The highest BCUT2D eigenvalue weighted by Crippen LogP contribution is 2.47. The second-order valence-electron chi connectivity index (χ2n) is 10.0. The zero-order valence-corrected chi connectivity index (χ0v) is 19.8. The van der Waals surface area contributed by atoms with Crippen LogP contribution in [0, 0.1) is 0 Å². The summed E-state index contributed by atoms with van der Waals surface area (Å²) in [5, 5.41) is 1.98. The summed E-state index contributed by atoms with van der Waals surface area (Å²) in [6.45, 7) is 2.71. The van der Waals surface area contributed by atoms with Crippen LogP contribution in [0.3, 0.4) is 0 Å². The van der Waals surface area contributed by atoms with Gasteiger partial charge in [0.15, 0.2) is 5.78 Å². The van der Waals surface area contributed by atoms with E-state index in [-0.39, 0.29) is 29.7 Å². The highest BCUT2D eigenvalue weighted by molar-refractivity contribution is 7.12. The summed E-state index contributed by atoms with van der Waals surface area (Å²) in [7, 11) is 0. The highest BCUT2D eigenvalue weighted by atomic mass is 32.1. The Morgan fingerprint density at radius 1 is 1.09 bits per heavy atom. The van der Waals surface area contributed by atoms with Gasteiger partial charge in [-0.3, -0.25) is 19.2 Å². The zero-order chi connectivity index (χ0) is 23.2. The number of carbonyl (C=O) groups is 4. The number of fused-ring (bicyclic) bond motifs is 1. The van der Waals surface area contributed by atoms with Crippen LogP contribution in [-0.2, 0) is 39.2 Å². The first-order valence-electron chi connectivity index (χ1n) is 11.9. The molecule has 1 aliphatic heterocycles. The van der Waals surface area contributed by atoms with Crippen molar-refractivity contribution in [3.63, 3.8) is 0 Å². The van der Waals surface area contributed by atoms with Crippen molar-refractivity contribution >= 4 is 34.6 Å². The molecule has 1 atom stereocenters. The third kappa shape index (κ3) is 4.45. The Morgan fingerprint density at radius 2 is 1.82 bits per heavy atom. The van der Waals surface area contributed by atoms with Gasteiger partial charge in [0.05, 0.1) is 17.3 Å². The van der Waals surface area contributed by atoms with E-state index in [0.29, 0.717) is 48.9 Å². The van der Waals surface area contributed by atoms with E-state index in [2.05, 4.69) is 31.2 Å². The van der Waals surface area contributed by atoms with E-state index in [1.54, 1.807) is 4.90 Å². The van der Waals surface area contributed by atoms with Gasteiger partial charge >= 0.3 is 0 Å². The standard InChI is InChI=1S/C27H29NO4S/c1-27(12-13-27)19-6-2-17(3-7-19)4-8-20(29)9-5-18-16-33-25-22(18)15-28(26(25)32)23-11-10-21(30)14-24(23)31/h2-3,6-7,16,23H,4-5,8-15H2,1H3/t23-/m0/s1. The summed E-state index contributed by atoms with van der Waals surface area (Å²) in [5.41, 5.74) is 4.97. The lowest BCUT2D eigenvalue weighted by Crippen LogP contribution is -2.44. The molecule has 3 aliphatic rings. The predicted molar refractivity (Wildman–Crippen MR) is 127 cm³/mol. The van der Waals surface area contributed by atoms with Crippen molar-refractivity contribution in [2.24, 2.45) is 0 Å². The first-order chi connectivity index (χ1) is 15.8. The second kappa shape index (κ2) is 8.64. The van der Waals surface area contributed by atoms with Crippen LogP contribution in [0.5, 0.6) is 0 Å². The van der Waals surface area contributed by atoms with Crippen LogP contribution >= 0.6 is 11.3 Å². The van der Waals surface area contributed by atoms with Gasteiger partial charge < -0.3 is 4.90 Å². The molecule has 5 rings (SSSR count). The fourth-order valence-corrected chi connectivity index (χ4v) is 6.10. The monoisotopic (exact) mass is 463 g/mol. The van der Waals surface area contributed by atoms with Gasteiger partial charge in [0.25, 0.3) is 5.91 Å². The molecule has 2 aromatic rings. The Balaban J connectivity index is 1.14. The Bertz CT molecular complexity index is 1130. The maximum Gasteiger partial charge on any atom is 0.265 e. The van der Waals surface area contributed by atoms with Crippen molar-refractivity contribution in [3.05, 3.63) is 56.8 Å². The lowest BCUT2D eigenvalue weighted by molar-refractivity contribution is -0.133. The van der Waals surface area contributed by atoms with Crippen molar-refractivity contribution < 1.29 is 19.2 Å². The summed E-state index contributed by atoms with van der Waals surface area (Å²) in [6, 6.07) is 8.23. The summed E-state index contributed by atoms with van der Waals surface area (Å²) >= 11 is 1.41. The first-order valence-corrected chi connectivity index (χ1v) is 12.8. The number of ketones is 3. The van der Waals surface area contributed by atoms with E-state index in [4.69, 9.17) is 0 Å². The van der Waals surface area contributed by atoms with Gasteiger partial charge in [-0.25, -0.2) is 0 Å². The summed E-state index contributed by atoms with van der Waals surface area (Å²) in [5.74, 6) is -0.0603. The zero-order valence-electron chi connectivity index (χ0n) is 19.0. The number of hydrogen-bond acceptors (Lipinski definition) is 5. The van der Waals surface area contributed by atoms with Crippen molar-refractivity contribution in [1.29, 1.82) is 0 Å². The molecule has 0 N–H and O–H groups in total. The number of amides is 1. The summed E-state index contributed by atoms with van der Waals surface area (Å²) in [4.78, 5) is 51.6. The van der Waals surface area contributed by atoms with Crippen LogP contribution in [0.15, 0.2) is 29.6 Å². The number of carbonyl (C=O) groups excluding carboxylic acids is 4. The molecule has 0 radical (unpaired) electrons. The molecule has 1 aromatic carbocycles. The number of nitrogens with zero attached hydrogens (tertiary/aromatic N) is 1. The Kier molecular flexibility index (Phi) is 5.81. The molecule has 2 aliphatic carbocycles.